The minimum atomic E-state index is -0.956. The average Bonchev–Trinajstić information content (AvgIpc) is 2.20. The fourth-order valence-corrected chi connectivity index (χ4v) is 0.726. The second-order valence-electron chi connectivity index (χ2n) is 2.55. The van der Waals surface area contributed by atoms with Crippen molar-refractivity contribution >= 4 is 12.6 Å². The van der Waals surface area contributed by atoms with E-state index in [1.54, 1.807) is 6.92 Å². The van der Waals surface area contributed by atoms with Crippen molar-refractivity contribution in [3.8, 4) is 0 Å². The van der Waals surface area contributed by atoms with Gasteiger partial charge in [-0.15, -0.1) is 0 Å². The van der Waals surface area contributed by atoms with Crippen LogP contribution >= 0.6 is 0 Å². The van der Waals surface area contributed by atoms with E-state index in [4.69, 9.17) is 0 Å². The molecule has 0 atom stereocenters. The molecule has 4 heteroatoms. The van der Waals surface area contributed by atoms with Crippen molar-refractivity contribution in [1.29, 1.82) is 0 Å². The summed E-state index contributed by atoms with van der Waals surface area (Å²) >= 11 is 0. The molecule has 0 aliphatic heterocycles. The van der Waals surface area contributed by atoms with Crippen LogP contribution in [0.1, 0.15) is 12.5 Å². The summed E-state index contributed by atoms with van der Waals surface area (Å²) in [7, 11) is 0. The fourth-order valence-electron chi connectivity index (χ4n) is 0.726. The summed E-state index contributed by atoms with van der Waals surface area (Å²) in [6, 6.07) is 10.3. The van der Waals surface area contributed by atoms with Gasteiger partial charge in [-0.1, -0.05) is 35.9 Å². The highest BCUT2D eigenvalue weighted by molar-refractivity contribution is 5.69. The van der Waals surface area contributed by atoms with Crippen molar-refractivity contribution in [2.24, 2.45) is 0 Å². The Balaban J connectivity index is 0.000000262. The summed E-state index contributed by atoms with van der Waals surface area (Å²) < 4.78 is 7.93. The molecule has 0 bridgehead atoms. The highest BCUT2D eigenvalue weighted by atomic mass is 16.7. The van der Waals surface area contributed by atoms with Crippen molar-refractivity contribution in [2.75, 3.05) is 6.61 Å². The van der Waals surface area contributed by atoms with Gasteiger partial charge in [0.2, 0.25) is 0 Å². The molecular weight excluding hydrogens is 196 g/mol. The first-order chi connectivity index (χ1) is 7.20. The highest BCUT2D eigenvalue weighted by Crippen LogP contribution is 1.92. The van der Waals surface area contributed by atoms with Crippen LogP contribution < -0.4 is 0 Å². The molecule has 0 amide bonds. The van der Waals surface area contributed by atoms with E-state index in [9.17, 15) is 9.59 Å². The fraction of sp³-hybridized carbons (Fsp3) is 0.273. The third-order valence-electron chi connectivity index (χ3n) is 1.35. The lowest BCUT2D eigenvalue weighted by Gasteiger charge is -1.93. The third-order valence-corrected chi connectivity index (χ3v) is 1.35. The lowest BCUT2D eigenvalue weighted by molar-refractivity contribution is -0.125. The number of benzene rings is 1. The molecule has 82 valence electrons. The standard InChI is InChI=1S/C7H8.C4H6O4/c1-7-5-3-2-4-6-7;1-2-7-4(6)8-3-5/h2-6H,1H3;3H,2H2,1H3. The first-order valence-corrected chi connectivity index (χ1v) is 4.49. The molecule has 1 aromatic carbocycles. The topological polar surface area (TPSA) is 52.6 Å². The number of carbonyl (C=O) groups is 2. The summed E-state index contributed by atoms with van der Waals surface area (Å²) in [5.41, 5.74) is 1.32. The zero-order valence-corrected chi connectivity index (χ0v) is 8.80. The normalized spacial score (nSPS) is 8.13. The zero-order chi connectivity index (χ0) is 11.5. The van der Waals surface area contributed by atoms with E-state index < -0.39 is 6.16 Å². The van der Waals surface area contributed by atoms with Crippen LogP contribution in [-0.2, 0) is 14.3 Å². The number of carbonyl (C=O) groups excluding carboxylic acids is 2. The molecule has 0 fully saturated rings. The van der Waals surface area contributed by atoms with Crippen molar-refractivity contribution in [2.45, 2.75) is 13.8 Å². The molecule has 0 heterocycles. The largest absolute Gasteiger partial charge is 0.515 e. The summed E-state index contributed by atoms with van der Waals surface area (Å²) in [6.45, 7) is 3.94. The highest BCUT2D eigenvalue weighted by Gasteiger charge is 1.97. The molecule has 0 radical (unpaired) electrons. The summed E-state index contributed by atoms with van der Waals surface area (Å²) in [5, 5.41) is 0. The van der Waals surface area contributed by atoms with Gasteiger partial charge >= 0.3 is 12.6 Å². The molecule has 15 heavy (non-hydrogen) atoms. The van der Waals surface area contributed by atoms with Crippen LogP contribution in [0.15, 0.2) is 30.3 Å². The lowest BCUT2D eigenvalue weighted by atomic mass is 10.2. The third kappa shape index (κ3) is 8.49. The first-order valence-electron chi connectivity index (χ1n) is 4.49. The van der Waals surface area contributed by atoms with Crippen LogP contribution in [0.3, 0.4) is 0 Å². The average molecular weight is 210 g/mol. The molecule has 1 rings (SSSR count). The molecule has 0 spiro atoms. The SMILES string of the molecule is CCOC(=O)OC=O.Cc1ccccc1. The molecule has 0 N–H and O–H groups in total. The molecular formula is C11H14O4. The van der Waals surface area contributed by atoms with Crippen LogP contribution in [0.25, 0.3) is 0 Å². The van der Waals surface area contributed by atoms with E-state index >= 15 is 0 Å². The molecule has 0 unspecified atom stereocenters. The van der Waals surface area contributed by atoms with Crippen molar-refractivity contribution in [3.05, 3.63) is 35.9 Å². The summed E-state index contributed by atoms with van der Waals surface area (Å²) in [4.78, 5) is 19.3. The predicted molar refractivity (Wildman–Crippen MR) is 55.4 cm³/mol. The van der Waals surface area contributed by atoms with Gasteiger partial charge in [-0.05, 0) is 13.8 Å². The van der Waals surface area contributed by atoms with Crippen LogP contribution in [0.5, 0.6) is 0 Å². The Morgan fingerprint density at radius 2 is 1.93 bits per heavy atom. The maximum Gasteiger partial charge on any atom is 0.515 e. The Labute approximate surface area is 88.8 Å². The van der Waals surface area contributed by atoms with E-state index in [2.05, 4.69) is 28.5 Å². The van der Waals surface area contributed by atoms with Crippen molar-refractivity contribution < 1.29 is 19.1 Å². The van der Waals surface area contributed by atoms with Gasteiger partial charge in [0.15, 0.2) is 0 Å². The molecule has 4 nitrogen and oxygen atoms in total. The van der Waals surface area contributed by atoms with Crippen LogP contribution in [0.4, 0.5) is 4.79 Å². The smallest absolute Gasteiger partial charge is 0.434 e. The Hall–Kier alpha value is -1.84. The lowest BCUT2D eigenvalue weighted by Crippen LogP contribution is -2.04. The van der Waals surface area contributed by atoms with E-state index in [0.29, 0.717) is 0 Å². The van der Waals surface area contributed by atoms with E-state index in [-0.39, 0.29) is 13.1 Å². The molecule has 0 aliphatic carbocycles. The summed E-state index contributed by atoms with van der Waals surface area (Å²) in [6.07, 6.45) is -0.956. The minimum absolute atomic E-state index is 0.0258. The van der Waals surface area contributed by atoms with Crippen molar-refractivity contribution in [1.82, 2.24) is 0 Å². The molecule has 0 saturated carbocycles. The molecule has 1 aromatic rings. The predicted octanol–water partition coefficient (Wildman–Crippen LogP) is 2.31. The number of hydrogen-bond acceptors (Lipinski definition) is 4. The van der Waals surface area contributed by atoms with Crippen LogP contribution in [0.2, 0.25) is 0 Å². The van der Waals surface area contributed by atoms with E-state index in [1.807, 2.05) is 18.2 Å². The Kier molecular flexibility index (Phi) is 7.67. The van der Waals surface area contributed by atoms with Gasteiger partial charge in [0, 0.05) is 0 Å². The zero-order valence-electron chi connectivity index (χ0n) is 8.80. The van der Waals surface area contributed by atoms with Gasteiger partial charge in [-0.2, -0.15) is 0 Å². The van der Waals surface area contributed by atoms with E-state index in [0.717, 1.165) is 0 Å². The first kappa shape index (κ1) is 13.2. The Morgan fingerprint density at radius 3 is 2.27 bits per heavy atom. The molecule has 0 aliphatic rings. The Bertz CT molecular complexity index is 282. The minimum Gasteiger partial charge on any atom is -0.434 e. The number of hydrogen-bond donors (Lipinski definition) is 0. The number of aryl methyl sites for hydroxylation is 1. The second kappa shape index (κ2) is 8.74. The van der Waals surface area contributed by atoms with Gasteiger partial charge in [-0.3, -0.25) is 4.79 Å². The maximum atomic E-state index is 9.97. The quantitative estimate of drug-likeness (QED) is 0.427. The maximum absolute atomic E-state index is 9.97. The molecule has 0 aromatic heterocycles. The van der Waals surface area contributed by atoms with Gasteiger partial charge in [0.1, 0.15) is 0 Å². The van der Waals surface area contributed by atoms with Gasteiger partial charge in [-0.25, -0.2) is 4.79 Å². The van der Waals surface area contributed by atoms with Gasteiger partial charge < -0.3 is 9.47 Å². The number of rotatable bonds is 2. The molecule has 0 saturated heterocycles. The second-order valence-corrected chi connectivity index (χ2v) is 2.55. The Morgan fingerprint density at radius 1 is 1.33 bits per heavy atom. The van der Waals surface area contributed by atoms with E-state index in [1.165, 1.54) is 5.56 Å². The number of ether oxygens (including phenoxy) is 2. The van der Waals surface area contributed by atoms with Crippen LogP contribution in [0, 0.1) is 6.92 Å². The summed E-state index contributed by atoms with van der Waals surface area (Å²) in [5.74, 6) is 0. The van der Waals surface area contributed by atoms with Crippen LogP contribution in [-0.4, -0.2) is 19.2 Å². The van der Waals surface area contributed by atoms with Gasteiger partial charge in [0.25, 0.3) is 0 Å². The monoisotopic (exact) mass is 210 g/mol. The van der Waals surface area contributed by atoms with Crippen molar-refractivity contribution in [3.63, 3.8) is 0 Å². The van der Waals surface area contributed by atoms with Gasteiger partial charge in [0.05, 0.1) is 6.61 Å².